The Kier molecular flexibility index (Phi) is 7.12. The first-order valence-corrected chi connectivity index (χ1v) is 10.1. The first-order chi connectivity index (χ1) is 12.3. The molecule has 25 heavy (non-hydrogen) atoms. The van der Waals surface area contributed by atoms with E-state index in [9.17, 15) is 4.39 Å². The third kappa shape index (κ3) is 6.27. The fourth-order valence-electron chi connectivity index (χ4n) is 3.36. The van der Waals surface area contributed by atoms with Gasteiger partial charge in [-0.1, -0.05) is 25.3 Å². The molecule has 3 rings (SSSR count). The Morgan fingerprint density at radius 3 is 2.56 bits per heavy atom. The molecule has 0 amide bonds. The van der Waals surface area contributed by atoms with Gasteiger partial charge in [0.15, 0.2) is 11.6 Å². The summed E-state index contributed by atoms with van der Waals surface area (Å²) in [6, 6.07) is 5.76. The average Bonchev–Trinajstić information content (AvgIpc) is 3.51. The van der Waals surface area contributed by atoms with Gasteiger partial charge in [-0.25, -0.2) is 4.39 Å². The number of benzene rings is 1. The molecule has 1 unspecified atom stereocenters. The average molecular weight is 349 g/mol. The molecule has 1 atom stereocenters. The lowest BCUT2D eigenvalue weighted by atomic mass is 10.0. The molecule has 1 aromatic rings. The summed E-state index contributed by atoms with van der Waals surface area (Å²) in [5.41, 5.74) is 6.71. The van der Waals surface area contributed by atoms with Crippen molar-refractivity contribution in [3.8, 4) is 5.75 Å². The summed E-state index contributed by atoms with van der Waals surface area (Å²) in [5, 5.41) is 3.71. The van der Waals surface area contributed by atoms with E-state index in [2.05, 4.69) is 5.32 Å². The highest BCUT2D eigenvalue weighted by Gasteiger charge is 2.32. The molecular weight excluding hydrogens is 315 g/mol. The third-order valence-corrected chi connectivity index (χ3v) is 5.32. The molecule has 0 bridgehead atoms. The van der Waals surface area contributed by atoms with Gasteiger partial charge in [0.1, 0.15) is 0 Å². The molecule has 0 saturated heterocycles. The Morgan fingerprint density at radius 2 is 1.84 bits per heavy atom. The van der Waals surface area contributed by atoms with Crippen LogP contribution < -0.4 is 15.8 Å². The maximum absolute atomic E-state index is 14.0. The van der Waals surface area contributed by atoms with Crippen LogP contribution in [0.25, 0.3) is 0 Å². The summed E-state index contributed by atoms with van der Waals surface area (Å²) in [4.78, 5) is 0. The van der Waals surface area contributed by atoms with Crippen LogP contribution in [0.3, 0.4) is 0 Å². The molecule has 0 spiro atoms. The van der Waals surface area contributed by atoms with Crippen molar-refractivity contribution >= 4 is 0 Å². The first-order valence-electron chi connectivity index (χ1n) is 10.1. The fraction of sp³-hybridized carbons (Fsp3) is 0.714. The van der Waals surface area contributed by atoms with E-state index in [0.29, 0.717) is 30.2 Å². The van der Waals surface area contributed by atoms with Crippen LogP contribution in [-0.4, -0.2) is 19.7 Å². The lowest BCUT2D eigenvalue weighted by molar-refractivity contribution is 0.284. The number of unbranched alkanes of at least 4 members (excludes halogenated alkanes) is 4. The second kappa shape index (κ2) is 9.54. The van der Waals surface area contributed by atoms with Crippen LogP contribution >= 0.6 is 0 Å². The number of hydrogen-bond acceptors (Lipinski definition) is 3. The number of halogens is 1. The molecule has 1 aromatic carbocycles. The first kappa shape index (κ1) is 18.7. The van der Waals surface area contributed by atoms with Crippen LogP contribution in [0.1, 0.15) is 69.4 Å². The van der Waals surface area contributed by atoms with Crippen molar-refractivity contribution in [3.05, 3.63) is 29.6 Å². The van der Waals surface area contributed by atoms with Gasteiger partial charge in [-0.2, -0.15) is 0 Å². The molecule has 0 heterocycles. The van der Waals surface area contributed by atoms with Crippen molar-refractivity contribution < 1.29 is 9.13 Å². The van der Waals surface area contributed by atoms with Crippen LogP contribution in [0, 0.1) is 17.7 Å². The van der Waals surface area contributed by atoms with E-state index < -0.39 is 0 Å². The predicted octanol–water partition coefficient (Wildman–Crippen LogP) is 4.56. The summed E-state index contributed by atoms with van der Waals surface area (Å²) < 4.78 is 19.7. The zero-order chi connectivity index (χ0) is 17.5. The molecule has 4 heteroatoms. The highest BCUT2D eigenvalue weighted by molar-refractivity contribution is 5.33. The minimum absolute atomic E-state index is 0.237. The van der Waals surface area contributed by atoms with E-state index in [4.69, 9.17) is 10.5 Å². The Morgan fingerprint density at radius 1 is 1.08 bits per heavy atom. The van der Waals surface area contributed by atoms with Gasteiger partial charge < -0.3 is 15.8 Å². The standard InChI is InChI=1S/C21H33FN2O/c22-19-11-10-18(14-20(19)25-15-16-6-7-16)21(17-8-9-17)24-13-5-3-1-2-4-12-23/h10-11,14,16-17,21,24H,1-9,12-13,15,23H2. The second-order valence-corrected chi connectivity index (χ2v) is 7.77. The third-order valence-electron chi connectivity index (χ3n) is 5.32. The van der Waals surface area contributed by atoms with E-state index >= 15 is 0 Å². The van der Waals surface area contributed by atoms with Gasteiger partial charge in [-0.3, -0.25) is 0 Å². The van der Waals surface area contributed by atoms with Gasteiger partial charge in [0.2, 0.25) is 0 Å². The lowest BCUT2D eigenvalue weighted by Gasteiger charge is -2.20. The minimum atomic E-state index is -0.237. The zero-order valence-corrected chi connectivity index (χ0v) is 15.3. The minimum Gasteiger partial charge on any atom is -0.490 e. The number of hydrogen-bond donors (Lipinski definition) is 2. The van der Waals surface area contributed by atoms with E-state index in [1.54, 1.807) is 6.07 Å². The SMILES string of the molecule is NCCCCCCCNC(c1ccc(F)c(OCC2CC2)c1)C1CC1. The smallest absolute Gasteiger partial charge is 0.165 e. The molecule has 2 fully saturated rings. The topological polar surface area (TPSA) is 47.3 Å². The molecule has 0 aliphatic heterocycles. The van der Waals surface area contributed by atoms with Gasteiger partial charge in [0, 0.05) is 6.04 Å². The summed E-state index contributed by atoms with van der Waals surface area (Å²) in [5.74, 6) is 1.52. The Bertz CT molecular complexity index is 529. The molecular formula is C21H33FN2O. The molecule has 0 aromatic heterocycles. The maximum Gasteiger partial charge on any atom is 0.165 e. The van der Waals surface area contributed by atoms with E-state index in [1.165, 1.54) is 56.9 Å². The molecule has 2 aliphatic carbocycles. The van der Waals surface area contributed by atoms with Gasteiger partial charge in [-0.15, -0.1) is 0 Å². The number of ether oxygens (including phenoxy) is 1. The van der Waals surface area contributed by atoms with E-state index in [1.807, 2.05) is 12.1 Å². The van der Waals surface area contributed by atoms with Crippen LogP contribution in [0.15, 0.2) is 18.2 Å². The van der Waals surface area contributed by atoms with Gasteiger partial charge in [-0.05, 0) is 81.1 Å². The Labute approximate surface area is 151 Å². The van der Waals surface area contributed by atoms with Crippen LogP contribution in [0.2, 0.25) is 0 Å². The predicted molar refractivity (Wildman–Crippen MR) is 100 cm³/mol. The summed E-state index contributed by atoms with van der Waals surface area (Å²) in [6.45, 7) is 2.49. The van der Waals surface area contributed by atoms with E-state index in [-0.39, 0.29) is 5.82 Å². The van der Waals surface area contributed by atoms with Crippen LogP contribution in [0.4, 0.5) is 4.39 Å². The van der Waals surface area contributed by atoms with E-state index in [0.717, 1.165) is 19.5 Å². The second-order valence-electron chi connectivity index (χ2n) is 7.77. The molecule has 140 valence electrons. The lowest BCUT2D eigenvalue weighted by Crippen LogP contribution is -2.24. The van der Waals surface area contributed by atoms with Gasteiger partial charge >= 0.3 is 0 Å². The Balaban J connectivity index is 1.48. The molecule has 0 radical (unpaired) electrons. The molecule has 3 N–H and O–H groups in total. The quantitative estimate of drug-likeness (QED) is 0.514. The number of nitrogens with two attached hydrogens (primary N) is 1. The van der Waals surface area contributed by atoms with Gasteiger partial charge in [0.05, 0.1) is 6.61 Å². The normalized spacial score (nSPS) is 18.3. The number of rotatable bonds is 13. The monoisotopic (exact) mass is 348 g/mol. The number of nitrogens with one attached hydrogen (secondary N) is 1. The summed E-state index contributed by atoms with van der Waals surface area (Å²) in [6.07, 6.45) is 11.1. The highest BCUT2D eigenvalue weighted by Crippen LogP contribution is 2.42. The van der Waals surface area contributed by atoms with Crippen LogP contribution in [-0.2, 0) is 0 Å². The zero-order valence-electron chi connectivity index (χ0n) is 15.3. The van der Waals surface area contributed by atoms with Crippen molar-refractivity contribution in [1.82, 2.24) is 5.32 Å². The largest absolute Gasteiger partial charge is 0.490 e. The van der Waals surface area contributed by atoms with Crippen molar-refractivity contribution in [2.45, 2.75) is 63.8 Å². The van der Waals surface area contributed by atoms with Crippen molar-refractivity contribution in [3.63, 3.8) is 0 Å². The fourth-order valence-corrected chi connectivity index (χ4v) is 3.36. The highest BCUT2D eigenvalue weighted by atomic mass is 19.1. The van der Waals surface area contributed by atoms with Crippen molar-refractivity contribution in [1.29, 1.82) is 0 Å². The van der Waals surface area contributed by atoms with Gasteiger partial charge in [0.25, 0.3) is 0 Å². The molecule has 2 aliphatic rings. The van der Waals surface area contributed by atoms with Crippen molar-refractivity contribution in [2.75, 3.05) is 19.7 Å². The summed E-state index contributed by atoms with van der Waals surface area (Å²) >= 11 is 0. The summed E-state index contributed by atoms with van der Waals surface area (Å²) in [7, 11) is 0. The Hall–Kier alpha value is -1.13. The molecule has 3 nitrogen and oxygen atoms in total. The van der Waals surface area contributed by atoms with Crippen LogP contribution in [0.5, 0.6) is 5.75 Å². The maximum atomic E-state index is 14.0. The molecule has 2 saturated carbocycles. The van der Waals surface area contributed by atoms with Crippen molar-refractivity contribution in [2.24, 2.45) is 17.6 Å².